The molecule has 2 amide bonds. The fourth-order valence-electron chi connectivity index (χ4n) is 2.96. The molecule has 1 aliphatic heterocycles. The first kappa shape index (κ1) is 17.9. The van der Waals surface area contributed by atoms with E-state index in [2.05, 4.69) is 5.32 Å². The smallest absolute Gasteiger partial charge is 0.317 e. The van der Waals surface area contributed by atoms with Gasteiger partial charge < -0.3 is 15.0 Å². The Morgan fingerprint density at radius 3 is 2.92 bits per heavy atom. The highest BCUT2D eigenvalue weighted by atomic mass is 32.1. The maximum Gasteiger partial charge on any atom is 0.317 e. The third kappa shape index (κ3) is 5.28. The van der Waals surface area contributed by atoms with E-state index in [0.29, 0.717) is 31.6 Å². The third-order valence-electron chi connectivity index (χ3n) is 4.29. The Bertz CT molecular complexity index is 672. The molecule has 1 aromatic heterocycles. The standard InChI is InChI=1S/C19H23FN2O2S/c20-18-8-2-1-5-15(18)9-10-21-19(23)22(13-16-6-3-11-24-16)14-17-7-4-12-25-17/h1-2,4-5,7-8,12,16H,3,6,9-11,13-14H2,(H,21,23). The maximum absolute atomic E-state index is 13.7. The number of nitrogens with one attached hydrogen (secondary N) is 1. The first-order valence-corrected chi connectivity index (χ1v) is 9.50. The monoisotopic (exact) mass is 362 g/mol. The highest BCUT2D eigenvalue weighted by Gasteiger charge is 2.23. The second kappa shape index (κ2) is 8.97. The molecule has 1 atom stereocenters. The zero-order chi connectivity index (χ0) is 17.5. The van der Waals surface area contributed by atoms with Gasteiger partial charge >= 0.3 is 6.03 Å². The molecule has 0 saturated carbocycles. The lowest BCUT2D eigenvalue weighted by atomic mass is 10.1. The number of carbonyl (C=O) groups excluding carboxylic acids is 1. The number of benzene rings is 1. The van der Waals surface area contributed by atoms with Crippen LogP contribution in [-0.2, 0) is 17.7 Å². The Morgan fingerprint density at radius 2 is 2.20 bits per heavy atom. The molecule has 6 heteroatoms. The van der Waals surface area contributed by atoms with Crippen molar-refractivity contribution < 1.29 is 13.9 Å². The van der Waals surface area contributed by atoms with Crippen LogP contribution in [-0.4, -0.2) is 36.7 Å². The summed E-state index contributed by atoms with van der Waals surface area (Å²) in [6, 6.07) is 10.6. The molecule has 1 aromatic carbocycles. The van der Waals surface area contributed by atoms with Crippen molar-refractivity contribution in [2.24, 2.45) is 0 Å². The van der Waals surface area contributed by atoms with Crippen molar-refractivity contribution in [3.63, 3.8) is 0 Å². The zero-order valence-corrected chi connectivity index (χ0v) is 14.9. The molecule has 0 spiro atoms. The molecule has 0 bridgehead atoms. The van der Waals surface area contributed by atoms with E-state index in [1.807, 2.05) is 17.5 Å². The zero-order valence-electron chi connectivity index (χ0n) is 14.1. The van der Waals surface area contributed by atoms with Crippen LogP contribution in [0.1, 0.15) is 23.3 Å². The average molecular weight is 362 g/mol. The molecule has 25 heavy (non-hydrogen) atoms. The first-order valence-electron chi connectivity index (χ1n) is 8.62. The Balaban J connectivity index is 1.55. The van der Waals surface area contributed by atoms with E-state index in [0.717, 1.165) is 24.3 Å². The second-order valence-electron chi connectivity index (χ2n) is 6.17. The molecule has 0 aliphatic carbocycles. The highest BCUT2D eigenvalue weighted by molar-refractivity contribution is 7.09. The van der Waals surface area contributed by atoms with E-state index in [1.54, 1.807) is 34.4 Å². The van der Waals surface area contributed by atoms with Gasteiger partial charge in [0.05, 0.1) is 12.6 Å². The number of nitrogens with zero attached hydrogens (tertiary/aromatic N) is 1. The summed E-state index contributed by atoms with van der Waals surface area (Å²) in [5.41, 5.74) is 0.617. The first-order chi connectivity index (χ1) is 12.2. The van der Waals surface area contributed by atoms with Gasteiger partial charge in [0, 0.05) is 24.6 Å². The summed E-state index contributed by atoms with van der Waals surface area (Å²) >= 11 is 1.64. The van der Waals surface area contributed by atoms with Crippen molar-refractivity contribution in [1.29, 1.82) is 0 Å². The van der Waals surface area contributed by atoms with Crippen molar-refractivity contribution in [3.05, 3.63) is 58.0 Å². The molecule has 1 aliphatic rings. The Hall–Kier alpha value is -1.92. The fourth-order valence-corrected chi connectivity index (χ4v) is 3.68. The van der Waals surface area contributed by atoms with Gasteiger partial charge in [-0.15, -0.1) is 11.3 Å². The molecule has 4 nitrogen and oxygen atoms in total. The van der Waals surface area contributed by atoms with Gasteiger partial charge in [0.25, 0.3) is 0 Å². The van der Waals surface area contributed by atoms with Crippen molar-refractivity contribution in [2.45, 2.75) is 31.9 Å². The number of ether oxygens (including phenoxy) is 1. The summed E-state index contributed by atoms with van der Waals surface area (Å²) in [6.07, 6.45) is 2.62. The van der Waals surface area contributed by atoms with Gasteiger partial charge in [-0.2, -0.15) is 0 Å². The normalized spacial score (nSPS) is 16.8. The van der Waals surface area contributed by atoms with Crippen molar-refractivity contribution in [3.8, 4) is 0 Å². The average Bonchev–Trinajstić information content (AvgIpc) is 3.30. The van der Waals surface area contributed by atoms with Crippen molar-refractivity contribution in [1.82, 2.24) is 10.2 Å². The SMILES string of the molecule is O=C(NCCc1ccccc1F)N(Cc1cccs1)CC1CCCO1. The van der Waals surface area contributed by atoms with Gasteiger partial charge in [0.15, 0.2) is 0 Å². The van der Waals surface area contributed by atoms with Crippen molar-refractivity contribution in [2.75, 3.05) is 19.7 Å². The number of hydrogen-bond acceptors (Lipinski definition) is 3. The minimum atomic E-state index is -0.230. The topological polar surface area (TPSA) is 41.6 Å². The predicted molar refractivity (Wildman–Crippen MR) is 97.2 cm³/mol. The molecular formula is C19H23FN2O2S. The van der Waals surface area contributed by atoms with Crippen LogP contribution in [0.2, 0.25) is 0 Å². The number of amides is 2. The summed E-state index contributed by atoms with van der Waals surface area (Å²) < 4.78 is 19.3. The van der Waals surface area contributed by atoms with E-state index >= 15 is 0 Å². The predicted octanol–water partition coefficient (Wildman–Crippen LogP) is 3.82. The fraction of sp³-hybridized carbons (Fsp3) is 0.421. The minimum Gasteiger partial charge on any atom is -0.376 e. The molecule has 1 N–H and O–H groups in total. The molecule has 2 aromatic rings. The van der Waals surface area contributed by atoms with Crippen LogP contribution >= 0.6 is 11.3 Å². The van der Waals surface area contributed by atoms with Gasteiger partial charge in [0.2, 0.25) is 0 Å². The summed E-state index contributed by atoms with van der Waals surface area (Å²) in [7, 11) is 0. The highest BCUT2D eigenvalue weighted by Crippen LogP contribution is 2.17. The molecule has 1 saturated heterocycles. The van der Waals surface area contributed by atoms with Gasteiger partial charge in [-0.05, 0) is 42.3 Å². The second-order valence-corrected chi connectivity index (χ2v) is 7.20. The minimum absolute atomic E-state index is 0.109. The number of urea groups is 1. The molecule has 1 fully saturated rings. The lowest BCUT2D eigenvalue weighted by Crippen LogP contribution is -2.43. The Kier molecular flexibility index (Phi) is 6.42. The number of hydrogen-bond donors (Lipinski definition) is 1. The number of carbonyl (C=O) groups is 1. The molecule has 3 rings (SSSR count). The van der Waals surface area contributed by atoms with Gasteiger partial charge in [0.1, 0.15) is 5.82 Å². The van der Waals surface area contributed by atoms with E-state index in [9.17, 15) is 9.18 Å². The lowest BCUT2D eigenvalue weighted by molar-refractivity contribution is 0.0797. The molecule has 0 radical (unpaired) electrons. The van der Waals surface area contributed by atoms with E-state index in [-0.39, 0.29) is 18.0 Å². The van der Waals surface area contributed by atoms with Crippen LogP contribution in [0.25, 0.3) is 0 Å². The summed E-state index contributed by atoms with van der Waals surface area (Å²) in [5.74, 6) is -0.230. The van der Waals surface area contributed by atoms with Crippen LogP contribution in [0.4, 0.5) is 9.18 Å². The van der Waals surface area contributed by atoms with E-state index in [1.165, 1.54) is 6.07 Å². The van der Waals surface area contributed by atoms with Crippen LogP contribution in [0.15, 0.2) is 41.8 Å². The van der Waals surface area contributed by atoms with Crippen LogP contribution in [0.5, 0.6) is 0 Å². The Morgan fingerprint density at radius 1 is 1.32 bits per heavy atom. The summed E-state index contributed by atoms with van der Waals surface area (Å²) in [4.78, 5) is 15.5. The number of rotatable bonds is 7. The van der Waals surface area contributed by atoms with Crippen LogP contribution in [0, 0.1) is 5.82 Å². The molecule has 134 valence electrons. The van der Waals surface area contributed by atoms with Gasteiger partial charge in [-0.25, -0.2) is 9.18 Å². The number of halogens is 1. The van der Waals surface area contributed by atoms with E-state index in [4.69, 9.17) is 4.74 Å². The van der Waals surface area contributed by atoms with Crippen LogP contribution < -0.4 is 5.32 Å². The number of thiophene rings is 1. The lowest BCUT2D eigenvalue weighted by Gasteiger charge is -2.25. The van der Waals surface area contributed by atoms with E-state index < -0.39 is 0 Å². The van der Waals surface area contributed by atoms with Crippen LogP contribution in [0.3, 0.4) is 0 Å². The third-order valence-corrected chi connectivity index (χ3v) is 5.15. The molecule has 2 heterocycles. The maximum atomic E-state index is 13.7. The molecular weight excluding hydrogens is 339 g/mol. The largest absolute Gasteiger partial charge is 0.376 e. The summed E-state index contributed by atoms with van der Waals surface area (Å²) in [6.45, 7) is 2.34. The molecule has 1 unspecified atom stereocenters. The quantitative estimate of drug-likeness (QED) is 0.813. The summed E-state index contributed by atoms with van der Waals surface area (Å²) in [5, 5.41) is 4.92. The van der Waals surface area contributed by atoms with Gasteiger partial charge in [-0.3, -0.25) is 0 Å². The van der Waals surface area contributed by atoms with Gasteiger partial charge in [-0.1, -0.05) is 24.3 Å². The Labute approximate surface area is 151 Å². The van der Waals surface area contributed by atoms with Crippen molar-refractivity contribution >= 4 is 17.4 Å².